The van der Waals surface area contributed by atoms with Crippen LogP contribution in [0.1, 0.15) is 43.7 Å². The Labute approximate surface area is 138 Å². The number of nitrogens with one attached hydrogen (secondary N) is 1. The van der Waals surface area contributed by atoms with E-state index in [4.69, 9.17) is 0 Å². The lowest BCUT2D eigenvalue weighted by Gasteiger charge is -2.29. The molecule has 0 spiro atoms. The topological polar surface area (TPSA) is 66.4 Å². The molecule has 2 rings (SSSR count). The minimum atomic E-state index is -4.17. The largest absolute Gasteiger partial charge is 0.479 e. The van der Waals surface area contributed by atoms with E-state index in [2.05, 4.69) is 5.32 Å². The molecule has 0 aromatic heterocycles. The van der Waals surface area contributed by atoms with Gasteiger partial charge in [0, 0.05) is 6.42 Å². The smallest absolute Gasteiger partial charge is 0.391 e. The van der Waals surface area contributed by atoms with Crippen molar-refractivity contribution in [3.05, 3.63) is 35.9 Å². The second kappa shape index (κ2) is 7.68. The van der Waals surface area contributed by atoms with Gasteiger partial charge in [0.2, 0.25) is 5.91 Å². The number of amides is 1. The summed E-state index contributed by atoms with van der Waals surface area (Å²) in [6.45, 7) is 0. The average Bonchev–Trinajstić information content (AvgIpc) is 2.53. The van der Waals surface area contributed by atoms with Crippen molar-refractivity contribution < 1.29 is 27.9 Å². The predicted octanol–water partition coefficient (Wildman–Crippen LogP) is 3.69. The first kappa shape index (κ1) is 18.3. The minimum Gasteiger partial charge on any atom is -0.479 e. The molecule has 1 atom stereocenters. The highest BCUT2D eigenvalue weighted by Gasteiger charge is 2.41. The Kier molecular flexibility index (Phi) is 5.85. The maximum absolute atomic E-state index is 12.6. The normalized spacial score (nSPS) is 22.6. The molecule has 1 aliphatic carbocycles. The third-order valence-corrected chi connectivity index (χ3v) is 4.47. The van der Waals surface area contributed by atoms with E-state index >= 15 is 0 Å². The van der Waals surface area contributed by atoms with Gasteiger partial charge < -0.3 is 10.4 Å². The average molecular weight is 343 g/mol. The number of carbonyl (C=O) groups excluding carboxylic acids is 1. The Morgan fingerprint density at radius 2 is 1.71 bits per heavy atom. The van der Waals surface area contributed by atoms with E-state index in [-0.39, 0.29) is 25.2 Å². The zero-order chi connectivity index (χ0) is 17.7. The van der Waals surface area contributed by atoms with Crippen molar-refractivity contribution >= 4 is 11.9 Å². The summed E-state index contributed by atoms with van der Waals surface area (Å²) in [4.78, 5) is 23.4. The molecule has 132 valence electrons. The van der Waals surface area contributed by atoms with Gasteiger partial charge >= 0.3 is 12.1 Å². The van der Waals surface area contributed by atoms with E-state index in [0.717, 1.165) is 0 Å². The first-order valence-corrected chi connectivity index (χ1v) is 7.91. The molecule has 1 amide bonds. The SMILES string of the molecule is O=C(CC1CCC(C(F)(F)F)CC1)N[C@@H](C(=O)O)c1ccccc1. The highest BCUT2D eigenvalue weighted by Crippen LogP contribution is 2.40. The van der Waals surface area contributed by atoms with Crippen LogP contribution in [-0.2, 0) is 9.59 Å². The maximum atomic E-state index is 12.6. The summed E-state index contributed by atoms with van der Waals surface area (Å²) in [5, 5.41) is 11.7. The van der Waals surface area contributed by atoms with Gasteiger partial charge in [-0.1, -0.05) is 30.3 Å². The molecular weight excluding hydrogens is 323 g/mol. The van der Waals surface area contributed by atoms with Crippen LogP contribution in [0.15, 0.2) is 30.3 Å². The van der Waals surface area contributed by atoms with Crippen molar-refractivity contribution in [1.82, 2.24) is 5.32 Å². The number of aliphatic carboxylic acids is 1. The number of halogens is 3. The summed E-state index contributed by atoms with van der Waals surface area (Å²) in [5.74, 6) is -3.03. The number of benzene rings is 1. The lowest BCUT2D eigenvalue weighted by molar-refractivity contribution is -0.184. The van der Waals surface area contributed by atoms with Crippen molar-refractivity contribution in [3.8, 4) is 0 Å². The lowest BCUT2D eigenvalue weighted by Crippen LogP contribution is -2.35. The number of carboxylic acid groups (broad SMARTS) is 1. The fourth-order valence-corrected chi connectivity index (χ4v) is 3.11. The van der Waals surface area contributed by atoms with Crippen LogP contribution >= 0.6 is 0 Å². The second-order valence-corrected chi connectivity index (χ2v) is 6.21. The summed E-state index contributed by atoms with van der Waals surface area (Å²) in [6, 6.07) is 7.15. The lowest BCUT2D eigenvalue weighted by atomic mass is 9.80. The molecule has 7 heteroatoms. The summed E-state index contributed by atoms with van der Waals surface area (Å²) in [5.41, 5.74) is 0.458. The quantitative estimate of drug-likeness (QED) is 0.857. The van der Waals surface area contributed by atoms with Crippen molar-refractivity contribution in [2.24, 2.45) is 11.8 Å². The van der Waals surface area contributed by atoms with Crippen LogP contribution in [0.3, 0.4) is 0 Å². The number of alkyl halides is 3. The molecule has 4 nitrogen and oxygen atoms in total. The van der Waals surface area contributed by atoms with Gasteiger partial charge in [-0.05, 0) is 37.2 Å². The zero-order valence-electron chi connectivity index (χ0n) is 13.1. The van der Waals surface area contributed by atoms with E-state index in [1.807, 2.05) is 0 Å². The first-order valence-electron chi connectivity index (χ1n) is 7.91. The van der Waals surface area contributed by atoms with Gasteiger partial charge in [0.15, 0.2) is 6.04 Å². The summed E-state index contributed by atoms with van der Waals surface area (Å²) in [7, 11) is 0. The van der Waals surface area contributed by atoms with E-state index in [0.29, 0.717) is 18.4 Å². The number of carbonyl (C=O) groups is 2. The van der Waals surface area contributed by atoms with E-state index in [1.165, 1.54) is 0 Å². The minimum absolute atomic E-state index is 0.0302. The molecule has 0 unspecified atom stereocenters. The van der Waals surface area contributed by atoms with Gasteiger partial charge in [-0.15, -0.1) is 0 Å². The van der Waals surface area contributed by atoms with Crippen LogP contribution < -0.4 is 5.32 Å². The van der Waals surface area contributed by atoms with Crippen LogP contribution in [0.25, 0.3) is 0 Å². The van der Waals surface area contributed by atoms with Crippen LogP contribution in [0.5, 0.6) is 0 Å². The Hall–Kier alpha value is -2.05. The summed E-state index contributed by atoms with van der Waals surface area (Å²) < 4.78 is 37.9. The molecule has 0 heterocycles. The molecule has 1 aliphatic rings. The molecule has 0 bridgehead atoms. The van der Waals surface area contributed by atoms with E-state index in [9.17, 15) is 27.9 Å². The standard InChI is InChI=1S/C17H20F3NO3/c18-17(19,20)13-8-6-11(7-9-13)10-14(22)21-15(16(23)24)12-4-2-1-3-5-12/h1-5,11,13,15H,6-10H2,(H,21,22)(H,23,24)/t11?,13?,15-/m1/s1. The zero-order valence-corrected chi connectivity index (χ0v) is 13.1. The number of hydrogen-bond acceptors (Lipinski definition) is 2. The van der Waals surface area contributed by atoms with Gasteiger partial charge in [-0.3, -0.25) is 4.79 Å². The third kappa shape index (κ3) is 4.97. The molecule has 0 radical (unpaired) electrons. The van der Waals surface area contributed by atoms with Crippen LogP contribution in [-0.4, -0.2) is 23.2 Å². The van der Waals surface area contributed by atoms with Crippen molar-refractivity contribution in [2.75, 3.05) is 0 Å². The molecule has 1 aromatic carbocycles. The van der Waals surface area contributed by atoms with Crippen molar-refractivity contribution in [1.29, 1.82) is 0 Å². The van der Waals surface area contributed by atoms with Crippen LogP contribution in [0, 0.1) is 11.8 Å². The number of hydrogen-bond donors (Lipinski definition) is 2. The fraction of sp³-hybridized carbons (Fsp3) is 0.529. The molecular formula is C17H20F3NO3. The molecule has 1 fully saturated rings. The van der Waals surface area contributed by atoms with Gasteiger partial charge in [-0.2, -0.15) is 13.2 Å². The Balaban J connectivity index is 1.88. The highest BCUT2D eigenvalue weighted by molar-refractivity contribution is 5.84. The Morgan fingerprint density at radius 1 is 1.12 bits per heavy atom. The van der Waals surface area contributed by atoms with Crippen molar-refractivity contribution in [3.63, 3.8) is 0 Å². The predicted molar refractivity (Wildman–Crippen MR) is 81.1 cm³/mol. The fourth-order valence-electron chi connectivity index (χ4n) is 3.11. The number of carboxylic acids is 1. The maximum Gasteiger partial charge on any atom is 0.391 e. The summed E-state index contributed by atoms with van der Waals surface area (Å²) in [6.07, 6.45) is -3.39. The van der Waals surface area contributed by atoms with Crippen LogP contribution in [0.4, 0.5) is 13.2 Å². The first-order chi connectivity index (χ1) is 11.3. The van der Waals surface area contributed by atoms with Crippen LogP contribution in [0.2, 0.25) is 0 Å². The van der Waals surface area contributed by atoms with Gasteiger partial charge in [-0.25, -0.2) is 4.79 Å². The second-order valence-electron chi connectivity index (χ2n) is 6.21. The molecule has 1 saturated carbocycles. The van der Waals surface area contributed by atoms with E-state index in [1.54, 1.807) is 30.3 Å². The monoisotopic (exact) mass is 343 g/mol. The van der Waals surface area contributed by atoms with Gasteiger partial charge in [0.25, 0.3) is 0 Å². The Morgan fingerprint density at radius 3 is 2.21 bits per heavy atom. The van der Waals surface area contributed by atoms with E-state index < -0.39 is 30.0 Å². The van der Waals surface area contributed by atoms with Crippen molar-refractivity contribution in [2.45, 2.75) is 44.3 Å². The molecule has 24 heavy (non-hydrogen) atoms. The third-order valence-electron chi connectivity index (χ3n) is 4.47. The molecule has 0 aliphatic heterocycles. The Bertz CT molecular complexity index is 566. The highest BCUT2D eigenvalue weighted by atomic mass is 19.4. The van der Waals surface area contributed by atoms with Gasteiger partial charge in [0.1, 0.15) is 0 Å². The molecule has 2 N–H and O–H groups in total. The van der Waals surface area contributed by atoms with Gasteiger partial charge in [0.05, 0.1) is 5.92 Å². The molecule has 1 aromatic rings. The summed E-state index contributed by atoms with van der Waals surface area (Å²) >= 11 is 0. The number of rotatable bonds is 5. The molecule has 0 saturated heterocycles.